The number of halogens is 1. The summed E-state index contributed by atoms with van der Waals surface area (Å²) in [6.45, 7) is 1.36. The number of benzene rings is 2. The highest BCUT2D eigenvalue weighted by atomic mass is 35.5. The number of amides is 1. The smallest absolute Gasteiger partial charge is 0.246 e. The lowest BCUT2D eigenvalue weighted by atomic mass is 9.96. The summed E-state index contributed by atoms with van der Waals surface area (Å²) < 4.78 is 5.48. The van der Waals surface area contributed by atoms with Crippen molar-refractivity contribution in [2.45, 2.75) is 18.8 Å². The molecule has 0 spiro atoms. The summed E-state index contributed by atoms with van der Waals surface area (Å²) in [7, 11) is 0. The zero-order valence-corrected chi connectivity index (χ0v) is 16.0. The fourth-order valence-corrected chi connectivity index (χ4v) is 3.43. The molecule has 1 fully saturated rings. The highest BCUT2D eigenvalue weighted by molar-refractivity contribution is 6.30. The number of carbonyl (C=O) groups is 1. The molecule has 1 saturated heterocycles. The van der Waals surface area contributed by atoms with Crippen LogP contribution >= 0.6 is 11.6 Å². The molecular formula is C22H20ClN3O2. The summed E-state index contributed by atoms with van der Waals surface area (Å²) >= 11 is 5.92. The summed E-state index contributed by atoms with van der Waals surface area (Å²) in [5.41, 5.74) is 1.89. The Hall–Kier alpha value is -2.92. The van der Waals surface area contributed by atoms with Crippen molar-refractivity contribution in [3.8, 4) is 11.4 Å². The molecule has 28 heavy (non-hydrogen) atoms. The first kappa shape index (κ1) is 18.4. The van der Waals surface area contributed by atoms with Crippen molar-refractivity contribution in [1.29, 1.82) is 0 Å². The molecule has 1 aliphatic heterocycles. The van der Waals surface area contributed by atoms with E-state index in [-0.39, 0.29) is 11.8 Å². The maximum Gasteiger partial charge on any atom is 0.246 e. The standard InChI is InChI=1S/C22H20ClN3O2/c23-19-9-7-17(8-10-19)21-24-22(28-25-21)18-12-14-26(15-13-18)20(27)11-6-16-4-2-1-3-5-16/h1-11,18H,12-15H2/b11-6+. The van der Waals surface area contributed by atoms with Crippen LogP contribution in [0.5, 0.6) is 0 Å². The first-order valence-corrected chi connectivity index (χ1v) is 9.68. The van der Waals surface area contributed by atoms with E-state index in [2.05, 4.69) is 10.1 Å². The van der Waals surface area contributed by atoms with E-state index in [1.807, 2.05) is 53.4 Å². The zero-order chi connectivity index (χ0) is 19.3. The lowest BCUT2D eigenvalue weighted by Gasteiger charge is -2.29. The van der Waals surface area contributed by atoms with Crippen molar-refractivity contribution in [3.05, 3.63) is 77.2 Å². The van der Waals surface area contributed by atoms with Gasteiger partial charge in [-0.15, -0.1) is 0 Å². The van der Waals surface area contributed by atoms with Gasteiger partial charge in [0.15, 0.2) is 0 Å². The quantitative estimate of drug-likeness (QED) is 0.597. The molecule has 1 aliphatic rings. The summed E-state index contributed by atoms with van der Waals surface area (Å²) in [5, 5.41) is 4.76. The van der Waals surface area contributed by atoms with E-state index >= 15 is 0 Å². The number of carbonyl (C=O) groups excluding carboxylic acids is 1. The van der Waals surface area contributed by atoms with Crippen molar-refractivity contribution < 1.29 is 9.32 Å². The maximum absolute atomic E-state index is 12.4. The fourth-order valence-electron chi connectivity index (χ4n) is 3.30. The summed E-state index contributed by atoms with van der Waals surface area (Å²) in [6.07, 6.45) is 5.12. The second-order valence-electron chi connectivity index (χ2n) is 6.81. The van der Waals surface area contributed by atoms with Gasteiger partial charge in [-0.05, 0) is 48.7 Å². The minimum absolute atomic E-state index is 0.0367. The predicted octanol–water partition coefficient (Wildman–Crippen LogP) is 4.81. The van der Waals surface area contributed by atoms with Crippen LogP contribution in [0.1, 0.15) is 30.2 Å². The number of rotatable bonds is 4. The van der Waals surface area contributed by atoms with Crippen molar-refractivity contribution in [2.75, 3.05) is 13.1 Å². The van der Waals surface area contributed by atoms with E-state index in [1.165, 1.54) is 0 Å². The Labute approximate surface area is 168 Å². The third kappa shape index (κ3) is 4.31. The topological polar surface area (TPSA) is 59.2 Å². The molecule has 0 aliphatic carbocycles. The molecule has 0 N–H and O–H groups in total. The molecule has 3 aromatic rings. The maximum atomic E-state index is 12.4. The monoisotopic (exact) mass is 393 g/mol. The minimum atomic E-state index is 0.0367. The average Bonchev–Trinajstić information content (AvgIpc) is 3.24. The van der Waals surface area contributed by atoms with Crippen LogP contribution in [0.15, 0.2) is 65.2 Å². The van der Waals surface area contributed by atoms with Crippen LogP contribution < -0.4 is 0 Å². The number of likely N-dealkylation sites (tertiary alicyclic amines) is 1. The summed E-state index contributed by atoms with van der Waals surface area (Å²) in [4.78, 5) is 18.8. The lowest BCUT2D eigenvalue weighted by Crippen LogP contribution is -2.36. The van der Waals surface area contributed by atoms with E-state index in [9.17, 15) is 4.79 Å². The number of nitrogens with zero attached hydrogens (tertiary/aromatic N) is 3. The number of hydrogen-bond donors (Lipinski definition) is 0. The molecule has 0 bridgehead atoms. The first-order chi connectivity index (χ1) is 13.7. The molecule has 2 heterocycles. The van der Waals surface area contributed by atoms with Crippen molar-refractivity contribution in [2.24, 2.45) is 0 Å². The zero-order valence-electron chi connectivity index (χ0n) is 15.3. The average molecular weight is 394 g/mol. The van der Waals surface area contributed by atoms with E-state index in [4.69, 9.17) is 16.1 Å². The van der Waals surface area contributed by atoms with E-state index < -0.39 is 0 Å². The number of piperidine rings is 1. The SMILES string of the molecule is O=C(/C=C/c1ccccc1)N1CCC(c2nc(-c3ccc(Cl)cc3)no2)CC1. The molecule has 0 unspecified atom stereocenters. The second-order valence-corrected chi connectivity index (χ2v) is 7.24. The van der Waals surface area contributed by atoms with Crippen molar-refractivity contribution in [3.63, 3.8) is 0 Å². The van der Waals surface area contributed by atoms with Gasteiger partial charge in [-0.1, -0.05) is 47.1 Å². The van der Waals surface area contributed by atoms with Gasteiger partial charge in [-0.3, -0.25) is 4.79 Å². The van der Waals surface area contributed by atoms with Gasteiger partial charge >= 0.3 is 0 Å². The summed E-state index contributed by atoms with van der Waals surface area (Å²) in [6, 6.07) is 17.2. The molecule has 5 nitrogen and oxygen atoms in total. The molecule has 0 saturated carbocycles. The highest BCUT2D eigenvalue weighted by Crippen LogP contribution is 2.29. The minimum Gasteiger partial charge on any atom is -0.339 e. The van der Waals surface area contributed by atoms with Crippen molar-refractivity contribution >= 4 is 23.6 Å². The summed E-state index contributed by atoms with van der Waals surface area (Å²) in [5.74, 6) is 1.42. The highest BCUT2D eigenvalue weighted by Gasteiger charge is 2.27. The van der Waals surface area contributed by atoms with Crippen LogP contribution in [0.4, 0.5) is 0 Å². The normalized spacial score (nSPS) is 15.2. The first-order valence-electron chi connectivity index (χ1n) is 9.30. The van der Waals surface area contributed by atoms with Gasteiger partial charge in [-0.25, -0.2) is 0 Å². The molecule has 1 amide bonds. The second kappa shape index (κ2) is 8.40. The Morgan fingerprint density at radius 3 is 2.50 bits per heavy atom. The molecule has 4 rings (SSSR count). The Morgan fingerprint density at radius 2 is 1.79 bits per heavy atom. The van der Waals surface area contributed by atoms with Gasteiger partial charge in [0, 0.05) is 35.7 Å². The number of aromatic nitrogens is 2. The molecule has 142 valence electrons. The molecule has 0 radical (unpaired) electrons. The fraction of sp³-hybridized carbons (Fsp3) is 0.227. The Morgan fingerprint density at radius 1 is 1.07 bits per heavy atom. The third-order valence-corrected chi connectivity index (χ3v) is 5.17. The van der Waals surface area contributed by atoms with Crippen LogP contribution in [0, 0.1) is 0 Å². The molecule has 0 atom stereocenters. The van der Waals surface area contributed by atoms with Gasteiger partial charge < -0.3 is 9.42 Å². The van der Waals surface area contributed by atoms with Crippen LogP contribution in [0.2, 0.25) is 5.02 Å². The lowest BCUT2D eigenvalue weighted by molar-refractivity contribution is -0.127. The predicted molar refractivity (Wildman–Crippen MR) is 109 cm³/mol. The van der Waals surface area contributed by atoms with Crippen LogP contribution in [-0.4, -0.2) is 34.0 Å². The Balaban J connectivity index is 1.35. The van der Waals surface area contributed by atoms with Crippen LogP contribution in [0.25, 0.3) is 17.5 Å². The third-order valence-electron chi connectivity index (χ3n) is 4.92. The molecule has 1 aromatic heterocycles. The van der Waals surface area contributed by atoms with Gasteiger partial charge in [-0.2, -0.15) is 4.98 Å². The van der Waals surface area contributed by atoms with Gasteiger partial charge in [0.25, 0.3) is 0 Å². The van der Waals surface area contributed by atoms with Gasteiger partial charge in [0.05, 0.1) is 0 Å². The van der Waals surface area contributed by atoms with Crippen LogP contribution in [0.3, 0.4) is 0 Å². The molecular weight excluding hydrogens is 374 g/mol. The largest absolute Gasteiger partial charge is 0.339 e. The van der Waals surface area contributed by atoms with E-state index in [0.29, 0.717) is 29.8 Å². The Kier molecular flexibility index (Phi) is 5.53. The van der Waals surface area contributed by atoms with Crippen LogP contribution in [-0.2, 0) is 4.79 Å². The van der Waals surface area contributed by atoms with Crippen molar-refractivity contribution in [1.82, 2.24) is 15.0 Å². The Bertz CT molecular complexity index is 959. The van der Waals surface area contributed by atoms with E-state index in [1.54, 1.807) is 18.2 Å². The van der Waals surface area contributed by atoms with Gasteiger partial charge in [0.1, 0.15) is 0 Å². The van der Waals surface area contributed by atoms with E-state index in [0.717, 1.165) is 24.0 Å². The number of hydrogen-bond acceptors (Lipinski definition) is 4. The molecule has 2 aromatic carbocycles. The van der Waals surface area contributed by atoms with Gasteiger partial charge in [0.2, 0.25) is 17.6 Å². The molecule has 6 heteroatoms.